The summed E-state index contributed by atoms with van der Waals surface area (Å²) in [5.74, 6) is 2.84. The van der Waals surface area contributed by atoms with E-state index in [4.69, 9.17) is 6.42 Å². The monoisotopic (exact) mass is 163 g/mol. The predicted octanol–water partition coefficient (Wildman–Crippen LogP) is 1.89. The molecule has 0 bridgehead atoms. The lowest BCUT2D eigenvalue weighted by atomic mass is 9.66. The summed E-state index contributed by atoms with van der Waals surface area (Å²) < 4.78 is 0. The maximum absolute atomic E-state index is 5.39. The Kier molecular flexibility index (Phi) is 2.11. The minimum absolute atomic E-state index is 0.537. The first-order valence-corrected chi connectivity index (χ1v) is 5.01. The molecule has 0 spiro atoms. The van der Waals surface area contributed by atoms with Crippen LogP contribution in [-0.2, 0) is 0 Å². The second-order valence-corrected chi connectivity index (χ2v) is 4.36. The average molecular weight is 163 g/mol. The molecule has 1 aliphatic heterocycles. The SMILES string of the molecule is C#CCC1(CN2CCC2)CCC1. The van der Waals surface area contributed by atoms with Gasteiger partial charge in [0.15, 0.2) is 0 Å². The summed E-state index contributed by atoms with van der Waals surface area (Å²) in [7, 11) is 0. The van der Waals surface area contributed by atoms with Gasteiger partial charge in [-0.25, -0.2) is 0 Å². The fraction of sp³-hybridized carbons (Fsp3) is 0.818. The molecule has 0 radical (unpaired) electrons. The number of rotatable bonds is 3. The molecule has 0 aromatic heterocycles. The third-order valence-electron chi connectivity index (χ3n) is 3.40. The Labute approximate surface area is 75.1 Å². The normalized spacial score (nSPS) is 26.9. The summed E-state index contributed by atoms with van der Waals surface area (Å²) in [6.07, 6.45) is 11.9. The van der Waals surface area contributed by atoms with Crippen LogP contribution in [0, 0.1) is 17.8 Å². The van der Waals surface area contributed by atoms with E-state index < -0.39 is 0 Å². The Morgan fingerprint density at radius 3 is 2.33 bits per heavy atom. The van der Waals surface area contributed by atoms with Crippen LogP contribution in [-0.4, -0.2) is 24.5 Å². The van der Waals surface area contributed by atoms with E-state index in [0.717, 1.165) is 6.42 Å². The molecular formula is C11H17N. The van der Waals surface area contributed by atoms with Crippen LogP contribution in [0.3, 0.4) is 0 Å². The Balaban J connectivity index is 1.85. The van der Waals surface area contributed by atoms with Crippen LogP contribution < -0.4 is 0 Å². The molecule has 1 nitrogen and oxygen atoms in total. The van der Waals surface area contributed by atoms with Crippen molar-refractivity contribution < 1.29 is 0 Å². The van der Waals surface area contributed by atoms with Crippen molar-refractivity contribution in [1.82, 2.24) is 4.90 Å². The maximum atomic E-state index is 5.39. The average Bonchev–Trinajstić information content (AvgIpc) is 1.91. The second kappa shape index (κ2) is 3.11. The number of terminal acetylenes is 1. The first-order chi connectivity index (χ1) is 5.85. The molecule has 0 aromatic rings. The van der Waals surface area contributed by atoms with Gasteiger partial charge in [0.25, 0.3) is 0 Å². The van der Waals surface area contributed by atoms with Crippen LogP contribution in [0.5, 0.6) is 0 Å². The van der Waals surface area contributed by atoms with Crippen LogP contribution in [0.1, 0.15) is 32.1 Å². The van der Waals surface area contributed by atoms with Crippen LogP contribution in [0.25, 0.3) is 0 Å². The first kappa shape index (κ1) is 8.13. The van der Waals surface area contributed by atoms with Crippen molar-refractivity contribution in [2.24, 2.45) is 5.41 Å². The molecule has 2 aliphatic rings. The Bertz CT molecular complexity index is 194. The molecule has 1 heterocycles. The lowest BCUT2D eigenvalue weighted by molar-refractivity contribution is 0.0411. The summed E-state index contributed by atoms with van der Waals surface area (Å²) in [6.45, 7) is 3.90. The Morgan fingerprint density at radius 2 is 2.00 bits per heavy atom. The van der Waals surface area contributed by atoms with Crippen molar-refractivity contribution >= 4 is 0 Å². The number of likely N-dealkylation sites (tertiary alicyclic amines) is 1. The van der Waals surface area contributed by atoms with Gasteiger partial charge in [0.1, 0.15) is 0 Å². The molecule has 0 N–H and O–H groups in total. The van der Waals surface area contributed by atoms with Gasteiger partial charge in [-0.15, -0.1) is 12.3 Å². The van der Waals surface area contributed by atoms with Crippen LogP contribution in [0.2, 0.25) is 0 Å². The molecule has 0 atom stereocenters. The molecule has 2 rings (SSSR count). The van der Waals surface area contributed by atoms with Crippen LogP contribution in [0.4, 0.5) is 0 Å². The predicted molar refractivity (Wildman–Crippen MR) is 50.8 cm³/mol. The molecule has 12 heavy (non-hydrogen) atoms. The number of nitrogens with zero attached hydrogens (tertiary/aromatic N) is 1. The quantitative estimate of drug-likeness (QED) is 0.574. The molecule has 0 unspecified atom stereocenters. The van der Waals surface area contributed by atoms with Crippen molar-refractivity contribution in [2.45, 2.75) is 32.1 Å². The Morgan fingerprint density at radius 1 is 1.25 bits per heavy atom. The van der Waals surface area contributed by atoms with E-state index in [1.165, 1.54) is 45.3 Å². The second-order valence-electron chi connectivity index (χ2n) is 4.36. The van der Waals surface area contributed by atoms with E-state index in [2.05, 4.69) is 10.8 Å². The van der Waals surface area contributed by atoms with Crippen molar-refractivity contribution in [2.75, 3.05) is 19.6 Å². The zero-order valence-corrected chi connectivity index (χ0v) is 7.68. The molecule has 1 heteroatoms. The highest BCUT2D eigenvalue weighted by atomic mass is 15.2. The molecule has 0 aromatic carbocycles. The van der Waals surface area contributed by atoms with Crippen LogP contribution >= 0.6 is 0 Å². The molecule has 0 amide bonds. The number of hydrogen-bond donors (Lipinski definition) is 0. The summed E-state index contributed by atoms with van der Waals surface area (Å²) in [4.78, 5) is 2.55. The summed E-state index contributed by atoms with van der Waals surface area (Å²) in [5.41, 5.74) is 0.537. The summed E-state index contributed by atoms with van der Waals surface area (Å²) in [5, 5.41) is 0. The van der Waals surface area contributed by atoms with Gasteiger partial charge < -0.3 is 4.90 Å². The zero-order chi connectivity index (χ0) is 8.44. The fourth-order valence-electron chi connectivity index (χ4n) is 2.30. The van der Waals surface area contributed by atoms with E-state index >= 15 is 0 Å². The minimum Gasteiger partial charge on any atom is -0.303 e. The van der Waals surface area contributed by atoms with E-state index in [1.807, 2.05) is 0 Å². The van der Waals surface area contributed by atoms with Crippen molar-refractivity contribution in [1.29, 1.82) is 0 Å². The van der Waals surface area contributed by atoms with Gasteiger partial charge in [-0.1, -0.05) is 6.42 Å². The smallest absolute Gasteiger partial charge is 0.0155 e. The van der Waals surface area contributed by atoms with Gasteiger partial charge in [-0.05, 0) is 37.8 Å². The lowest BCUT2D eigenvalue weighted by Gasteiger charge is -2.46. The van der Waals surface area contributed by atoms with Crippen molar-refractivity contribution in [3.8, 4) is 12.3 Å². The van der Waals surface area contributed by atoms with Gasteiger partial charge in [0.2, 0.25) is 0 Å². The van der Waals surface area contributed by atoms with Crippen molar-refractivity contribution in [3.05, 3.63) is 0 Å². The van der Waals surface area contributed by atoms with E-state index in [-0.39, 0.29) is 0 Å². The minimum atomic E-state index is 0.537. The highest BCUT2D eigenvalue weighted by Gasteiger charge is 2.38. The van der Waals surface area contributed by atoms with Gasteiger partial charge in [-0.3, -0.25) is 0 Å². The third kappa shape index (κ3) is 1.36. The molecular weight excluding hydrogens is 146 g/mol. The zero-order valence-electron chi connectivity index (χ0n) is 7.68. The largest absolute Gasteiger partial charge is 0.303 e. The van der Waals surface area contributed by atoms with Gasteiger partial charge in [-0.2, -0.15) is 0 Å². The Hall–Kier alpha value is -0.480. The van der Waals surface area contributed by atoms with Crippen LogP contribution in [0.15, 0.2) is 0 Å². The third-order valence-corrected chi connectivity index (χ3v) is 3.40. The lowest BCUT2D eigenvalue weighted by Crippen LogP contribution is -2.47. The molecule has 1 saturated heterocycles. The molecule has 66 valence electrons. The summed E-state index contributed by atoms with van der Waals surface area (Å²) in [6, 6.07) is 0. The molecule has 2 fully saturated rings. The summed E-state index contributed by atoms with van der Waals surface area (Å²) >= 11 is 0. The topological polar surface area (TPSA) is 3.24 Å². The maximum Gasteiger partial charge on any atom is 0.0155 e. The van der Waals surface area contributed by atoms with Gasteiger partial charge in [0.05, 0.1) is 0 Å². The van der Waals surface area contributed by atoms with Gasteiger partial charge >= 0.3 is 0 Å². The highest BCUT2D eigenvalue weighted by Crippen LogP contribution is 2.44. The van der Waals surface area contributed by atoms with Crippen molar-refractivity contribution in [3.63, 3.8) is 0 Å². The molecule has 1 aliphatic carbocycles. The van der Waals surface area contributed by atoms with E-state index in [0.29, 0.717) is 5.41 Å². The first-order valence-electron chi connectivity index (χ1n) is 5.01. The van der Waals surface area contributed by atoms with Gasteiger partial charge in [0, 0.05) is 13.0 Å². The standard InChI is InChI=1S/C11H17N/c1-2-5-11(6-3-7-11)10-12-8-4-9-12/h1H,3-10H2. The highest BCUT2D eigenvalue weighted by molar-refractivity contribution is 5.01. The van der Waals surface area contributed by atoms with E-state index in [9.17, 15) is 0 Å². The molecule has 1 saturated carbocycles. The fourth-order valence-corrected chi connectivity index (χ4v) is 2.30. The number of hydrogen-bond acceptors (Lipinski definition) is 1. The van der Waals surface area contributed by atoms with E-state index in [1.54, 1.807) is 0 Å².